The maximum Gasteiger partial charge on any atom is 0.328 e. The van der Waals surface area contributed by atoms with Gasteiger partial charge in [-0.15, -0.1) is 6.58 Å². The summed E-state index contributed by atoms with van der Waals surface area (Å²) in [6.07, 6.45) is 1.72. The second-order valence-corrected chi connectivity index (χ2v) is 3.24. The minimum absolute atomic E-state index is 0.0235. The van der Waals surface area contributed by atoms with Gasteiger partial charge in [0, 0.05) is 6.42 Å². The fourth-order valence-electron chi connectivity index (χ4n) is 1.11. The summed E-state index contributed by atoms with van der Waals surface area (Å²) in [4.78, 5) is 33.5. The van der Waals surface area contributed by atoms with Crippen LogP contribution in [0.2, 0.25) is 0 Å². The fourth-order valence-corrected chi connectivity index (χ4v) is 1.11. The number of ether oxygens (including phenoxy) is 2. The Labute approximate surface area is 100.0 Å². The van der Waals surface area contributed by atoms with Gasteiger partial charge in [0.05, 0.1) is 20.6 Å². The molecule has 1 atom stereocenters. The van der Waals surface area contributed by atoms with Crippen molar-refractivity contribution in [2.24, 2.45) is 0 Å². The van der Waals surface area contributed by atoms with E-state index in [1.54, 1.807) is 0 Å². The first-order valence-electron chi connectivity index (χ1n) is 5.10. The molecule has 96 valence electrons. The van der Waals surface area contributed by atoms with Crippen LogP contribution in [0.3, 0.4) is 0 Å². The molecule has 0 aromatic rings. The SMILES string of the molecule is C=CC[C@H](NC(=O)CCC(=O)OC)C(=O)OC. The van der Waals surface area contributed by atoms with E-state index in [0.717, 1.165) is 0 Å². The third-order valence-corrected chi connectivity index (χ3v) is 2.01. The van der Waals surface area contributed by atoms with Gasteiger partial charge in [-0.1, -0.05) is 6.08 Å². The maximum absolute atomic E-state index is 11.4. The smallest absolute Gasteiger partial charge is 0.328 e. The van der Waals surface area contributed by atoms with Crippen LogP contribution in [0.5, 0.6) is 0 Å². The standard InChI is InChI=1S/C11H17NO5/c1-4-5-8(11(15)17-3)12-9(13)6-7-10(14)16-2/h4,8H,1,5-7H2,2-3H3,(H,12,13)/t8-/m0/s1. The van der Waals surface area contributed by atoms with Gasteiger partial charge in [-0.05, 0) is 6.42 Å². The summed E-state index contributed by atoms with van der Waals surface area (Å²) in [5, 5.41) is 2.46. The minimum Gasteiger partial charge on any atom is -0.469 e. The Bertz CT molecular complexity index is 300. The third-order valence-electron chi connectivity index (χ3n) is 2.01. The molecule has 0 rings (SSSR count). The van der Waals surface area contributed by atoms with E-state index in [9.17, 15) is 14.4 Å². The van der Waals surface area contributed by atoms with E-state index in [2.05, 4.69) is 21.4 Å². The number of hydrogen-bond donors (Lipinski definition) is 1. The number of carbonyl (C=O) groups excluding carboxylic acids is 3. The van der Waals surface area contributed by atoms with Gasteiger partial charge in [-0.2, -0.15) is 0 Å². The molecule has 0 aliphatic rings. The van der Waals surface area contributed by atoms with Gasteiger partial charge in [-0.3, -0.25) is 9.59 Å². The topological polar surface area (TPSA) is 81.7 Å². The van der Waals surface area contributed by atoms with Crippen LogP contribution in [0, 0.1) is 0 Å². The molecule has 17 heavy (non-hydrogen) atoms. The van der Waals surface area contributed by atoms with Gasteiger partial charge in [-0.25, -0.2) is 4.79 Å². The summed E-state index contributed by atoms with van der Waals surface area (Å²) in [5.74, 6) is -1.43. The van der Waals surface area contributed by atoms with Crippen molar-refractivity contribution < 1.29 is 23.9 Å². The van der Waals surface area contributed by atoms with Gasteiger partial charge >= 0.3 is 11.9 Å². The largest absolute Gasteiger partial charge is 0.469 e. The number of methoxy groups -OCH3 is 2. The van der Waals surface area contributed by atoms with E-state index in [4.69, 9.17) is 0 Å². The van der Waals surface area contributed by atoms with Crippen molar-refractivity contribution in [3.8, 4) is 0 Å². The highest BCUT2D eigenvalue weighted by atomic mass is 16.5. The molecule has 0 aromatic carbocycles. The van der Waals surface area contributed by atoms with Crippen molar-refractivity contribution in [2.45, 2.75) is 25.3 Å². The number of amides is 1. The number of rotatable bonds is 7. The summed E-state index contributed by atoms with van der Waals surface area (Å²) in [6.45, 7) is 3.48. The third kappa shape index (κ3) is 6.34. The van der Waals surface area contributed by atoms with Crippen molar-refractivity contribution >= 4 is 17.8 Å². The molecule has 0 unspecified atom stereocenters. The summed E-state index contributed by atoms with van der Waals surface area (Å²) in [6, 6.07) is -0.761. The van der Waals surface area contributed by atoms with Gasteiger partial charge in [0.25, 0.3) is 0 Å². The van der Waals surface area contributed by atoms with Crippen LogP contribution < -0.4 is 5.32 Å². The molecule has 0 radical (unpaired) electrons. The number of carbonyl (C=O) groups is 3. The Balaban J connectivity index is 4.16. The highest BCUT2D eigenvalue weighted by Gasteiger charge is 2.20. The van der Waals surface area contributed by atoms with Crippen molar-refractivity contribution in [1.29, 1.82) is 0 Å². The van der Waals surface area contributed by atoms with E-state index in [-0.39, 0.29) is 19.3 Å². The van der Waals surface area contributed by atoms with Gasteiger partial charge < -0.3 is 14.8 Å². The van der Waals surface area contributed by atoms with Gasteiger partial charge in [0.15, 0.2) is 0 Å². The molecule has 0 saturated carbocycles. The molecule has 0 saturated heterocycles. The molecule has 0 aromatic heterocycles. The first kappa shape index (κ1) is 15.2. The molecule has 6 nitrogen and oxygen atoms in total. The van der Waals surface area contributed by atoms with Crippen molar-refractivity contribution in [1.82, 2.24) is 5.32 Å². The zero-order valence-electron chi connectivity index (χ0n) is 10.0. The summed E-state index contributed by atoms with van der Waals surface area (Å²) in [5.41, 5.74) is 0. The lowest BCUT2D eigenvalue weighted by Crippen LogP contribution is -2.41. The van der Waals surface area contributed by atoms with Crippen LogP contribution in [0.1, 0.15) is 19.3 Å². The minimum atomic E-state index is -0.761. The average molecular weight is 243 g/mol. The lowest BCUT2D eigenvalue weighted by atomic mass is 10.2. The van der Waals surface area contributed by atoms with Gasteiger partial charge in [0.1, 0.15) is 6.04 Å². The lowest BCUT2D eigenvalue weighted by Gasteiger charge is -2.14. The molecule has 0 aliphatic heterocycles. The van der Waals surface area contributed by atoms with Crippen LogP contribution in [0.4, 0.5) is 0 Å². The Morgan fingerprint density at radius 3 is 2.35 bits per heavy atom. The second kappa shape index (κ2) is 8.32. The van der Waals surface area contributed by atoms with E-state index >= 15 is 0 Å². The van der Waals surface area contributed by atoms with Gasteiger partial charge in [0.2, 0.25) is 5.91 Å². The second-order valence-electron chi connectivity index (χ2n) is 3.24. The van der Waals surface area contributed by atoms with Crippen LogP contribution in [0.25, 0.3) is 0 Å². The Morgan fingerprint density at radius 2 is 1.88 bits per heavy atom. The van der Waals surface area contributed by atoms with Crippen molar-refractivity contribution in [2.75, 3.05) is 14.2 Å². The lowest BCUT2D eigenvalue weighted by molar-refractivity contribution is -0.145. The molecule has 0 aliphatic carbocycles. The quantitative estimate of drug-likeness (QED) is 0.509. The number of hydrogen-bond acceptors (Lipinski definition) is 5. The highest BCUT2D eigenvalue weighted by molar-refractivity contribution is 5.86. The highest BCUT2D eigenvalue weighted by Crippen LogP contribution is 1.99. The normalized spacial score (nSPS) is 11.2. The van der Waals surface area contributed by atoms with E-state index in [0.29, 0.717) is 0 Å². The Hall–Kier alpha value is -1.85. The first-order chi connectivity index (χ1) is 8.04. The predicted molar refractivity (Wildman–Crippen MR) is 60.0 cm³/mol. The zero-order valence-corrected chi connectivity index (χ0v) is 10.0. The van der Waals surface area contributed by atoms with E-state index in [1.807, 2.05) is 0 Å². The summed E-state index contributed by atoms with van der Waals surface area (Å²) >= 11 is 0. The van der Waals surface area contributed by atoms with Crippen molar-refractivity contribution in [3.05, 3.63) is 12.7 Å². The monoisotopic (exact) mass is 243 g/mol. The zero-order chi connectivity index (χ0) is 13.3. The summed E-state index contributed by atoms with van der Waals surface area (Å²) < 4.78 is 8.91. The van der Waals surface area contributed by atoms with Crippen LogP contribution in [-0.4, -0.2) is 38.1 Å². The fraction of sp³-hybridized carbons (Fsp3) is 0.545. The average Bonchev–Trinajstić information content (AvgIpc) is 2.34. The first-order valence-corrected chi connectivity index (χ1v) is 5.10. The molecule has 0 heterocycles. The molecule has 0 fully saturated rings. The maximum atomic E-state index is 11.4. The molecular formula is C11H17NO5. The van der Waals surface area contributed by atoms with E-state index < -0.39 is 23.9 Å². The molecule has 6 heteroatoms. The number of esters is 2. The molecule has 0 bridgehead atoms. The Kier molecular flexibility index (Phi) is 7.41. The number of nitrogens with one attached hydrogen (secondary N) is 1. The predicted octanol–water partition coefficient (Wildman–Crippen LogP) is 0.173. The van der Waals surface area contributed by atoms with Crippen LogP contribution in [0.15, 0.2) is 12.7 Å². The molecular weight excluding hydrogens is 226 g/mol. The molecule has 1 amide bonds. The Morgan fingerprint density at radius 1 is 1.24 bits per heavy atom. The van der Waals surface area contributed by atoms with Crippen molar-refractivity contribution in [3.63, 3.8) is 0 Å². The summed E-state index contributed by atoms with van der Waals surface area (Å²) in [7, 11) is 2.48. The van der Waals surface area contributed by atoms with E-state index in [1.165, 1.54) is 20.3 Å². The van der Waals surface area contributed by atoms with Crippen LogP contribution in [-0.2, 0) is 23.9 Å². The molecule has 0 spiro atoms. The molecule has 1 N–H and O–H groups in total. The van der Waals surface area contributed by atoms with Crippen LogP contribution >= 0.6 is 0 Å².